The molecule has 0 unspecified atom stereocenters. The summed E-state index contributed by atoms with van der Waals surface area (Å²) < 4.78 is 1.67. The van der Waals surface area contributed by atoms with Crippen molar-refractivity contribution in [1.29, 1.82) is 0 Å². The van der Waals surface area contributed by atoms with Crippen LogP contribution in [0, 0.1) is 10.1 Å². The van der Waals surface area contributed by atoms with Crippen molar-refractivity contribution >= 4 is 29.1 Å². The highest BCUT2D eigenvalue weighted by atomic mass is 35.5. The minimum atomic E-state index is -0.442. The molecule has 2 heterocycles. The van der Waals surface area contributed by atoms with Crippen molar-refractivity contribution in [3.63, 3.8) is 0 Å². The second kappa shape index (κ2) is 7.79. The van der Waals surface area contributed by atoms with Crippen molar-refractivity contribution in [2.24, 2.45) is 0 Å². The Bertz CT molecular complexity index is 1110. The zero-order valence-electron chi connectivity index (χ0n) is 14.2. The Morgan fingerprint density at radius 3 is 2.61 bits per heavy atom. The van der Waals surface area contributed by atoms with Crippen LogP contribution >= 0.6 is 23.4 Å². The maximum Gasteiger partial charge on any atom is 0.269 e. The minimum absolute atomic E-state index is 0.0293. The van der Waals surface area contributed by atoms with Crippen LogP contribution in [-0.2, 0) is 5.75 Å². The van der Waals surface area contributed by atoms with E-state index in [0.29, 0.717) is 21.8 Å². The molecule has 1 N–H and O–H groups in total. The molecule has 4 aromatic rings. The van der Waals surface area contributed by atoms with Gasteiger partial charge in [-0.05, 0) is 36.4 Å². The SMILES string of the molecule is O=[N+]([O-])c1ccc(-c2nc(SCc3cn(-c4ccc(Cl)cc4)nn3)n[nH]2)cc1. The summed E-state index contributed by atoms with van der Waals surface area (Å²) in [6.45, 7) is 0. The topological polar surface area (TPSA) is 115 Å². The summed E-state index contributed by atoms with van der Waals surface area (Å²) >= 11 is 7.30. The molecule has 0 fully saturated rings. The van der Waals surface area contributed by atoms with Crippen LogP contribution in [0.15, 0.2) is 59.9 Å². The summed E-state index contributed by atoms with van der Waals surface area (Å²) in [4.78, 5) is 14.7. The monoisotopic (exact) mass is 413 g/mol. The Labute approximate surface area is 167 Å². The first kappa shape index (κ1) is 18.1. The second-order valence-electron chi connectivity index (χ2n) is 5.69. The van der Waals surface area contributed by atoms with Gasteiger partial charge in [0.2, 0.25) is 5.16 Å². The van der Waals surface area contributed by atoms with Gasteiger partial charge in [0.05, 0.1) is 22.5 Å². The van der Waals surface area contributed by atoms with Crippen LogP contribution in [0.25, 0.3) is 17.1 Å². The standard InChI is InChI=1S/C17H12ClN7O2S/c18-12-3-7-14(8-4-12)24-9-13(20-23-24)10-28-17-19-16(21-22-17)11-1-5-15(6-2-11)25(26)27/h1-9H,10H2,(H,19,21,22). The summed E-state index contributed by atoms with van der Waals surface area (Å²) in [5.74, 6) is 1.09. The Morgan fingerprint density at radius 2 is 1.89 bits per heavy atom. The van der Waals surface area contributed by atoms with Crippen LogP contribution in [-0.4, -0.2) is 35.1 Å². The van der Waals surface area contributed by atoms with Gasteiger partial charge < -0.3 is 0 Å². The van der Waals surface area contributed by atoms with Crippen LogP contribution in [0.5, 0.6) is 0 Å². The van der Waals surface area contributed by atoms with Gasteiger partial charge in [-0.25, -0.2) is 9.67 Å². The molecule has 0 saturated carbocycles. The lowest BCUT2D eigenvalue weighted by atomic mass is 10.2. The van der Waals surface area contributed by atoms with E-state index in [0.717, 1.165) is 16.9 Å². The lowest BCUT2D eigenvalue weighted by Gasteiger charge is -1.98. The number of nitrogens with one attached hydrogen (secondary N) is 1. The summed E-state index contributed by atoms with van der Waals surface area (Å²) in [6, 6.07) is 13.4. The fourth-order valence-electron chi connectivity index (χ4n) is 2.40. The molecule has 2 aromatic carbocycles. The van der Waals surface area contributed by atoms with Gasteiger partial charge in [0.25, 0.3) is 5.69 Å². The molecule has 0 bridgehead atoms. The Balaban J connectivity index is 1.41. The number of hydrogen-bond donors (Lipinski definition) is 1. The molecule has 0 radical (unpaired) electrons. The number of rotatable bonds is 6. The molecule has 0 atom stereocenters. The van der Waals surface area contributed by atoms with Crippen LogP contribution < -0.4 is 0 Å². The van der Waals surface area contributed by atoms with Crippen molar-refractivity contribution < 1.29 is 4.92 Å². The lowest BCUT2D eigenvalue weighted by molar-refractivity contribution is -0.384. The number of nitrogens with zero attached hydrogens (tertiary/aromatic N) is 6. The van der Waals surface area contributed by atoms with Crippen molar-refractivity contribution in [2.45, 2.75) is 10.9 Å². The highest BCUT2D eigenvalue weighted by molar-refractivity contribution is 7.98. The second-order valence-corrected chi connectivity index (χ2v) is 7.07. The van der Waals surface area contributed by atoms with E-state index in [4.69, 9.17) is 11.6 Å². The quantitative estimate of drug-likeness (QED) is 0.289. The third-order valence-corrected chi connectivity index (χ3v) is 4.93. The molecular formula is C17H12ClN7O2S. The maximum absolute atomic E-state index is 10.7. The number of benzene rings is 2. The van der Waals surface area contributed by atoms with E-state index >= 15 is 0 Å². The Kier molecular flexibility index (Phi) is 5.04. The summed E-state index contributed by atoms with van der Waals surface area (Å²) in [5.41, 5.74) is 2.40. The highest BCUT2D eigenvalue weighted by Crippen LogP contribution is 2.23. The maximum atomic E-state index is 10.7. The van der Waals surface area contributed by atoms with Gasteiger partial charge in [0, 0.05) is 28.5 Å². The first-order valence-electron chi connectivity index (χ1n) is 8.06. The molecule has 2 aromatic heterocycles. The third-order valence-electron chi connectivity index (χ3n) is 3.80. The van der Waals surface area contributed by atoms with Crippen molar-refractivity contribution in [1.82, 2.24) is 30.2 Å². The van der Waals surface area contributed by atoms with Gasteiger partial charge in [0.15, 0.2) is 5.82 Å². The number of aromatic nitrogens is 6. The van der Waals surface area contributed by atoms with E-state index in [9.17, 15) is 10.1 Å². The van der Waals surface area contributed by atoms with Crippen LogP contribution in [0.4, 0.5) is 5.69 Å². The average molecular weight is 414 g/mol. The predicted octanol–water partition coefficient (Wildman–Crippen LogP) is 3.91. The van der Waals surface area contributed by atoms with E-state index in [1.807, 2.05) is 18.3 Å². The summed E-state index contributed by atoms with van der Waals surface area (Å²) in [6.07, 6.45) is 1.83. The highest BCUT2D eigenvalue weighted by Gasteiger charge is 2.10. The molecule has 0 amide bonds. The van der Waals surface area contributed by atoms with Gasteiger partial charge in [-0.15, -0.1) is 10.2 Å². The molecule has 4 rings (SSSR count). The van der Waals surface area contributed by atoms with Crippen molar-refractivity contribution in [3.05, 3.63) is 75.6 Å². The van der Waals surface area contributed by atoms with Crippen LogP contribution in [0.1, 0.15) is 5.69 Å². The molecular weight excluding hydrogens is 402 g/mol. The van der Waals surface area contributed by atoms with E-state index < -0.39 is 4.92 Å². The number of nitro groups is 1. The van der Waals surface area contributed by atoms with Gasteiger partial charge in [-0.1, -0.05) is 28.6 Å². The number of halogens is 1. The number of hydrogen-bond acceptors (Lipinski definition) is 7. The normalized spacial score (nSPS) is 10.9. The zero-order chi connectivity index (χ0) is 19.5. The fraction of sp³-hybridized carbons (Fsp3) is 0.0588. The van der Waals surface area contributed by atoms with Crippen molar-refractivity contribution in [3.8, 4) is 17.1 Å². The van der Waals surface area contributed by atoms with Gasteiger partial charge >= 0.3 is 0 Å². The molecule has 0 spiro atoms. The summed E-state index contributed by atoms with van der Waals surface area (Å²) in [5, 5.41) is 27.2. The molecule has 11 heteroatoms. The lowest BCUT2D eigenvalue weighted by Crippen LogP contribution is -1.93. The molecule has 140 valence electrons. The number of non-ortho nitro benzene ring substituents is 1. The van der Waals surface area contributed by atoms with E-state index in [2.05, 4.69) is 25.5 Å². The largest absolute Gasteiger partial charge is 0.269 e. The molecule has 0 aliphatic heterocycles. The van der Waals surface area contributed by atoms with Gasteiger partial charge in [-0.2, -0.15) is 0 Å². The molecule has 0 aliphatic carbocycles. The van der Waals surface area contributed by atoms with Gasteiger partial charge in [-0.3, -0.25) is 15.2 Å². The molecule has 0 aliphatic rings. The smallest absolute Gasteiger partial charge is 0.258 e. The first-order chi connectivity index (χ1) is 13.6. The minimum Gasteiger partial charge on any atom is -0.258 e. The van der Waals surface area contributed by atoms with E-state index in [-0.39, 0.29) is 5.69 Å². The zero-order valence-corrected chi connectivity index (χ0v) is 15.8. The molecule has 28 heavy (non-hydrogen) atoms. The number of H-pyrrole nitrogens is 1. The number of nitro benzene ring substituents is 1. The van der Waals surface area contributed by atoms with E-state index in [1.165, 1.54) is 23.9 Å². The van der Waals surface area contributed by atoms with Crippen LogP contribution in [0.3, 0.4) is 0 Å². The Morgan fingerprint density at radius 1 is 1.14 bits per heavy atom. The fourth-order valence-corrected chi connectivity index (χ4v) is 3.21. The van der Waals surface area contributed by atoms with E-state index in [1.54, 1.807) is 28.9 Å². The Hall–Kier alpha value is -3.24. The third kappa shape index (κ3) is 4.02. The average Bonchev–Trinajstić information content (AvgIpc) is 3.37. The number of thioether (sulfide) groups is 1. The first-order valence-corrected chi connectivity index (χ1v) is 9.42. The molecule has 0 saturated heterocycles. The van der Waals surface area contributed by atoms with Crippen molar-refractivity contribution in [2.75, 3.05) is 0 Å². The summed E-state index contributed by atoms with van der Waals surface area (Å²) in [7, 11) is 0. The predicted molar refractivity (Wildman–Crippen MR) is 104 cm³/mol. The molecule has 9 nitrogen and oxygen atoms in total. The van der Waals surface area contributed by atoms with Gasteiger partial charge in [0.1, 0.15) is 0 Å². The van der Waals surface area contributed by atoms with Crippen LogP contribution in [0.2, 0.25) is 5.02 Å². The number of aromatic amines is 1.